The van der Waals surface area contributed by atoms with E-state index >= 15 is 0 Å². The van der Waals surface area contributed by atoms with Gasteiger partial charge in [-0.05, 0) is 71.6 Å². The molecule has 0 fully saturated rings. The van der Waals surface area contributed by atoms with Crippen LogP contribution in [0.3, 0.4) is 0 Å². The average molecular weight is 453 g/mol. The molecule has 0 radical (unpaired) electrons. The van der Waals surface area contributed by atoms with Crippen molar-refractivity contribution in [2.75, 3.05) is 16.7 Å². The molecule has 1 aliphatic heterocycles. The number of nitrogens with one attached hydrogen (secondary N) is 1. The van der Waals surface area contributed by atoms with Crippen LogP contribution in [0, 0.1) is 6.92 Å². The van der Waals surface area contributed by atoms with Gasteiger partial charge in [-0.25, -0.2) is 8.42 Å². The molecule has 144 valence electrons. The summed E-state index contributed by atoms with van der Waals surface area (Å²) in [6, 6.07) is 8.58. The van der Waals surface area contributed by atoms with Gasteiger partial charge in [0.1, 0.15) is 10.6 Å². The van der Waals surface area contributed by atoms with Crippen molar-refractivity contribution in [2.45, 2.75) is 38.1 Å². The van der Waals surface area contributed by atoms with E-state index in [-0.39, 0.29) is 16.8 Å². The Labute approximate surface area is 167 Å². The Bertz CT molecular complexity index is 1020. The molecule has 1 heterocycles. The number of rotatable bonds is 4. The smallest absolute Gasteiger partial charge is 0.263 e. The minimum atomic E-state index is -3.90. The second-order valence-corrected chi connectivity index (χ2v) is 9.17. The van der Waals surface area contributed by atoms with Gasteiger partial charge in [0.05, 0.1) is 12.8 Å². The van der Waals surface area contributed by atoms with E-state index in [0.717, 1.165) is 11.1 Å². The van der Waals surface area contributed by atoms with Gasteiger partial charge >= 0.3 is 0 Å². The van der Waals surface area contributed by atoms with Crippen molar-refractivity contribution in [1.29, 1.82) is 0 Å². The van der Waals surface area contributed by atoms with Gasteiger partial charge in [-0.3, -0.25) is 9.52 Å². The molecule has 1 amide bonds. The monoisotopic (exact) mass is 452 g/mol. The zero-order valence-electron chi connectivity index (χ0n) is 15.5. The Morgan fingerprint density at radius 1 is 1.30 bits per heavy atom. The van der Waals surface area contributed by atoms with Crippen molar-refractivity contribution in [3.63, 3.8) is 0 Å². The molecule has 3 rings (SSSR count). The fourth-order valence-electron chi connectivity index (χ4n) is 3.41. The van der Waals surface area contributed by atoms with E-state index in [2.05, 4.69) is 20.7 Å². The van der Waals surface area contributed by atoms with Crippen molar-refractivity contribution in [3.8, 4) is 5.75 Å². The normalized spacial score (nSPS) is 16.2. The van der Waals surface area contributed by atoms with Gasteiger partial charge in [0.15, 0.2) is 0 Å². The lowest BCUT2D eigenvalue weighted by molar-refractivity contribution is -0.116. The topological polar surface area (TPSA) is 75.7 Å². The molecule has 6 nitrogen and oxygen atoms in total. The molecule has 1 N–H and O–H groups in total. The van der Waals surface area contributed by atoms with Crippen LogP contribution in [0.5, 0.6) is 5.75 Å². The SMILES string of the molecule is COc1ccc(C)cc1NS(=O)(=O)c1cc2c(cc1Br)C[C@H](C)N2C(C)=O. The summed E-state index contributed by atoms with van der Waals surface area (Å²) in [5, 5.41) is 0. The molecule has 0 aliphatic carbocycles. The first-order valence-electron chi connectivity index (χ1n) is 8.43. The van der Waals surface area contributed by atoms with Crippen LogP contribution in [0.1, 0.15) is 25.0 Å². The predicted octanol–water partition coefficient (Wildman–Crippen LogP) is 3.86. The number of carbonyl (C=O) groups excluding carboxylic acids is 1. The molecule has 0 saturated carbocycles. The maximum atomic E-state index is 13.1. The summed E-state index contributed by atoms with van der Waals surface area (Å²) in [5.74, 6) is 0.320. The van der Waals surface area contributed by atoms with Gasteiger partial charge in [0.25, 0.3) is 10.0 Å². The molecule has 8 heteroatoms. The van der Waals surface area contributed by atoms with E-state index in [9.17, 15) is 13.2 Å². The van der Waals surface area contributed by atoms with Crippen molar-refractivity contribution in [3.05, 3.63) is 45.9 Å². The highest BCUT2D eigenvalue weighted by molar-refractivity contribution is 9.10. The Balaban J connectivity index is 2.06. The number of aryl methyl sites for hydroxylation is 1. The zero-order valence-corrected chi connectivity index (χ0v) is 17.9. The zero-order chi connectivity index (χ0) is 19.9. The summed E-state index contributed by atoms with van der Waals surface area (Å²) in [5.41, 5.74) is 2.84. The molecule has 0 spiro atoms. The van der Waals surface area contributed by atoms with Crippen LogP contribution < -0.4 is 14.4 Å². The molecular weight excluding hydrogens is 432 g/mol. The third kappa shape index (κ3) is 3.68. The molecule has 0 aromatic heterocycles. The van der Waals surface area contributed by atoms with Gasteiger partial charge in [-0.2, -0.15) is 0 Å². The Kier molecular flexibility index (Phi) is 5.22. The number of sulfonamides is 1. The van der Waals surface area contributed by atoms with Crippen LogP contribution in [0.4, 0.5) is 11.4 Å². The van der Waals surface area contributed by atoms with Crippen LogP contribution in [0.15, 0.2) is 39.7 Å². The quantitative estimate of drug-likeness (QED) is 0.763. The first-order valence-corrected chi connectivity index (χ1v) is 10.7. The Morgan fingerprint density at radius 3 is 2.63 bits per heavy atom. The lowest BCUT2D eigenvalue weighted by Gasteiger charge is -2.21. The highest BCUT2D eigenvalue weighted by Gasteiger charge is 2.32. The highest BCUT2D eigenvalue weighted by Crippen LogP contribution is 2.39. The lowest BCUT2D eigenvalue weighted by atomic mass is 10.1. The van der Waals surface area contributed by atoms with Gasteiger partial charge < -0.3 is 9.64 Å². The standard InChI is InChI=1S/C19H21BrN2O4S/c1-11-5-6-18(26-4)16(7-11)21-27(24,25)19-10-17-14(9-15(19)20)8-12(2)22(17)13(3)23/h5-7,9-10,12,21H,8H2,1-4H3/t12-/m0/s1. The van der Waals surface area contributed by atoms with Crippen LogP contribution in [-0.2, 0) is 21.2 Å². The fraction of sp³-hybridized carbons (Fsp3) is 0.316. The number of benzene rings is 2. The third-order valence-corrected chi connectivity index (χ3v) is 6.90. The summed E-state index contributed by atoms with van der Waals surface area (Å²) < 4.78 is 34.4. The number of hydrogen-bond donors (Lipinski definition) is 1. The predicted molar refractivity (Wildman–Crippen MR) is 109 cm³/mol. The largest absolute Gasteiger partial charge is 0.495 e. The first-order chi connectivity index (χ1) is 12.6. The average Bonchev–Trinajstić information content (AvgIpc) is 2.88. The Hall–Kier alpha value is -2.06. The number of nitrogens with zero attached hydrogens (tertiary/aromatic N) is 1. The number of fused-ring (bicyclic) bond motifs is 1. The van der Waals surface area contributed by atoms with E-state index in [0.29, 0.717) is 28.0 Å². The second-order valence-electron chi connectivity index (χ2n) is 6.66. The molecule has 1 aliphatic rings. The highest BCUT2D eigenvalue weighted by atomic mass is 79.9. The number of carbonyl (C=O) groups is 1. The number of methoxy groups -OCH3 is 1. The van der Waals surface area contributed by atoms with E-state index in [4.69, 9.17) is 4.74 Å². The molecule has 2 aromatic rings. The molecule has 1 atom stereocenters. The van der Waals surface area contributed by atoms with E-state index in [1.165, 1.54) is 14.0 Å². The van der Waals surface area contributed by atoms with E-state index in [1.807, 2.05) is 19.9 Å². The number of anilines is 2. The summed E-state index contributed by atoms with van der Waals surface area (Å²) >= 11 is 3.37. The Morgan fingerprint density at radius 2 is 2.00 bits per heavy atom. The van der Waals surface area contributed by atoms with Crippen molar-refractivity contribution in [1.82, 2.24) is 0 Å². The van der Waals surface area contributed by atoms with Gasteiger partial charge in [-0.15, -0.1) is 0 Å². The summed E-state index contributed by atoms with van der Waals surface area (Å²) in [7, 11) is -2.41. The van der Waals surface area contributed by atoms with E-state index < -0.39 is 10.0 Å². The molecule has 0 unspecified atom stereocenters. The van der Waals surface area contributed by atoms with Crippen LogP contribution in [0.2, 0.25) is 0 Å². The number of halogens is 1. The molecule has 2 aromatic carbocycles. The number of amides is 1. The van der Waals surface area contributed by atoms with Crippen molar-refractivity contribution < 1.29 is 17.9 Å². The van der Waals surface area contributed by atoms with Crippen molar-refractivity contribution in [2.24, 2.45) is 0 Å². The molecular formula is C19H21BrN2O4S. The van der Waals surface area contributed by atoms with Crippen LogP contribution in [0.25, 0.3) is 0 Å². The molecule has 27 heavy (non-hydrogen) atoms. The summed E-state index contributed by atoms with van der Waals surface area (Å²) in [6.45, 7) is 5.30. The molecule has 0 saturated heterocycles. The van der Waals surface area contributed by atoms with Gasteiger partial charge in [0, 0.05) is 23.1 Å². The van der Waals surface area contributed by atoms with Gasteiger partial charge in [0.2, 0.25) is 5.91 Å². The minimum Gasteiger partial charge on any atom is -0.495 e. The maximum Gasteiger partial charge on any atom is 0.263 e. The minimum absolute atomic E-state index is 0.00724. The van der Waals surface area contributed by atoms with Crippen molar-refractivity contribution >= 4 is 43.2 Å². The van der Waals surface area contributed by atoms with Gasteiger partial charge in [-0.1, -0.05) is 6.07 Å². The van der Waals surface area contributed by atoms with Crippen LogP contribution >= 0.6 is 15.9 Å². The fourth-order valence-corrected chi connectivity index (χ4v) is 5.58. The van der Waals surface area contributed by atoms with Crippen LogP contribution in [-0.4, -0.2) is 27.5 Å². The maximum absolute atomic E-state index is 13.1. The third-order valence-electron chi connectivity index (χ3n) is 4.58. The first kappa shape index (κ1) is 19.7. The van der Waals surface area contributed by atoms with E-state index in [1.54, 1.807) is 29.2 Å². The summed E-state index contributed by atoms with van der Waals surface area (Å²) in [6.07, 6.45) is 0.687. The molecule has 0 bridgehead atoms. The lowest BCUT2D eigenvalue weighted by Crippen LogP contribution is -2.33. The second kappa shape index (κ2) is 7.16. The number of ether oxygens (including phenoxy) is 1. The summed E-state index contributed by atoms with van der Waals surface area (Å²) in [4.78, 5) is 13.7. The number of hydrogen-bond acceptors (Lipinski definition) is 4.